The fraction of sp³-hybridized carbons (Fsp3) is 0.407. The third kappa shape index (κ3) is 5.63. The van der Waals surface area contributed by atoms with E-state index >= 15 is 0 Å². The summed E-state index contributed by atoms with van der Waals surface area (Å²) in [5, 5.41) is 13.4. The third-order valence-corrected chi connectivity index (χ3v) is 6.06. The smallest absolute Gasteiger partial charge is 0.295 e. The lowest BCUT2D eigenvalue weighted by Gasteiger charge is -2.28. The molecule has 1 aliphatic heterocycles. The second kappa shape index (κ2) is 11.1. The van der Waals surface area contributed by atoms with E-state index in [2.05, 4.69) is 13.8 Å². The van der Waals surface area contributed by atoms with Crippen LogP contribution < -0.4 is 14.7 Å². The minimum Gasteiger partial charge on any atom is -0.872 e. The maximum atomic E-state index is 13.4. The lowest BCUT2D eigenvalue weighted by atomic mass is 9.95. The number of hydrogen-bond acceptors (Lipinski definition) is 4. The van der Waals surface area contributed by atoms with E-state index in [1.807, 2.05) is 44.2 Å². The van der Waals surface area contributed by atoms with E-state index in [-0.39, 0.29) is 11.7 Å². The summed E-state index contributed by atoms with van der Waals surface area (Å²) in [6, 6.07) is 15.3. The minimum absolute atomic E-state index is 0.0268. The topological polar surface area (TPSA) is 74.1 Å². The number of amides is 1. The normalized spacial score (nSPS) is 17.9. The predicted octanol–water partition coefficient (Wildman–Crippen LogP) is 2.01. The van der Waals surface area contributed by atoms with Crippen LogP contribution in [0.1, 0.15) is 51.3 Å². The standard InChI is InChI=1S/C27H34N2O4/c1-5-28(6-2)17-10-18-29-24(20-13-15-22(16-14-20)33-19(3)4)23(26(31)27(29)32)25(30)21-11-8-7-9-12-21/h7-9,11-16,19,24,30H,5-6,10,17-18H2,1-4H3. The van der Waals surface area contributed by atoms with Crippen molar-refractivity contribution in [3.05, 3.63) is 71.3 Å². The van der Waals surface area contributed by atoms with E-state index < -0.39 is 23.5 Å². The van der Waals surface area contributed by atoms with Crippen LogP contribution in [0.15, 0.2) is 60.2 Å². The SMILES string of the molecule is CC[NH+](CC)CCCN1C(=O)C(=O)C(=C([O-])c2ccccc2)C1c1ccc(OC(C)C)cc1. The van der Waals surface area contributed by atoms with Crippen molar-refractivity contribution in [2.24, 2.45) is 0 Å². The number of carbonyl (C=O) groups excluding carboxylic acids is 2. The monoisotopic (exact) mass is 450 g/mol. The fourth-order valence-corrected chi connectivity index (χ4v) is 4.30. The van der Waals surface area contributed by atoms with Crippen LogP contribution in [-0.2, 0) is 9.59 Å². The van der Waals surface area contributed by atoms with E-state index in [0.29, 0.717) is 17.9 Å². The highest BCUT2D eigenvalue weighted by Gasteiger charge is 2.43. The third-order valence-electron chi connectivity index (χ3n) is 6.06. The van der Waals surface area contributed by atoms with Gasteiger partial charge >= 0.3 is 0 Å². The van der Waals surface area contributed by atoms with Gasteiger partial charge in [0, 0.05) is 18.5 Å². The summed E-state index contributed by atoms with van der Waals surface area (Å²) in [7, 11) is 0. The zero-order chi connectivity index (χ0) is 24.0. The van der Waals surface area contributed by atoms with Gasteiger partial charge in [0.15, 0.2) is 0 Å². The molecular weight excluding hydrogens is 416 g/mol. The summed E-state index contributed by atoms with van der Waals surface area (Å²) >= 11 is 0. The number of ketones is 1. The van der Waals surface area contributed by atoms with Gasteiger partial charge in [-0.05, 0) is 51.0 Å². The molecule has 0 spiro atoms. The molecule has 176 valence electrons. The molecule has 1 N–H and O–H groups in total. The van der Waals surface area contributed by atoms with Crippen LogP contribution in [0.3, 0.4) is 0 Å². The molecule has 2 aromatic rings. The van der Waals surface area contributed by atoms with Gasteiger partial charge in [0.25, 0.3) is 5.91 Å². The van der Waals surface area contributed by atoms with E-state index in [9.17, 15) is 14.7 Å². The van der Waals surface area contributed by atoms with Gasteiger partial charge < -0.3 is 19.6 Å². The molecule has 1 saturated heterocycles. The molecule has 1 amide bonds. The Bertz CT molecular complexity index is 979. The average Bonchev–Trinajstić information content (AvgIpc) is 3.07. The number of Topliss-reactive ketones (excluding diaryl/α,β-unsaturated/α-hetero) is 1. The van der Waals surface area contributed by atoms with Crippen molar-refractivity contribution in [2.75, 3.05) is 26.2 Å². The van der Waals surface area contributed by atoms with Gasteiger partial charge in [0.05, 0.1) is 31.8 Å². The predicted molar refractivity (Wildman–Crippen MR) is 127 cm³/mol. The summed E-state index contributed by atoms with van der Waals surface area (Å²) in [6.07, 6.45) is 0.791. The number of carbonyl (C=O) groups is 2. The van der Waals surface area contributed by atoms with E-state index in [0.717, 1.165) is 31.6 Å². The zero-order valence-corrected chi connectivity index (χ0v) is 20.0. The Morgan fingerprint density at radius 1 is 1.03 bits per heavy atom. The Balaban J connectivity index is 1.99. The first-order valence-electron chi connectivity index (χ1n) is 11.8. The highest BCUT2D eigenvalue weighted by molar-refractivity contribution is 6.46. The van der Waals surface area contributed by atoms with Gasteiger partial charge in [0.2, 0.25) is 5.78 Å². The summed E-state index contributed by atoms with van der Waals surface area (Å²) < 4.78 is 5.74. The molecule has 0 saturated carbocycles. The van der Waals surface area contributed by atoms with Gasteiger partial charge in [-0.1, -0.05) is 48.2 Å². The Hall–Kier alpha value is -3.12. The van der Waals surface area contributed by atoms with Gasteiger partial charge in [-0.2, -0.15) is 0 Å². The van der Waals surface area contributed by atoms with Crippen LogP contribution in [0, 0.1) is 0 Å². The first-order chi connectivity index (χ1) is 15.9. The van der Waals surface area contributed by atoms with Crippen LogP contribution in [0.25, 0.3) is 5.76 Å². The highest BCUT2D eigenvalue weighted by atomic mass is 16.5. The van der Waals surface area contributed by atoms with E-state index in [4.69, 9.17) is 4.74 Å². The molecule has 1 atom stereocenters. The first kappa shape index (κ1) is 24.5. The van der Waals surface area contributed by atoms with Crippen molar-refractivity contribution in [1.82, 2.24) is 4.90 Å². The zero-order valence-electron chi connectivity index (χ0n) is 20.0. The molecule has 1 unspecified atom stereocenters. The Morgan fingerprint density at radius 3 is 2.24 bits per heavy atom. The maximum Gasteiger partial charge on any atom is 0.295 e. The first-order valence-corrected chi connectivity index (χ1v) is 11.8. The molecule has 0 radical (unpaired) electrons. The van der Waals surface area contributed by atoms with Crippen molar-refractivity contribution in [3.63, 3.8) is 0 Å². The Morgan fingerprint density at radius 2 is 1.67 bits per heavy atom. The molecule has 1 aliphatic rings. The number of likely N-dealkylation sites (tertiary alicyclic amines) is 1. The molecule has 0 aromatic heterocycles. The summed E-state index contributed by atoms with van der Waals surface area (Å²) in [4.78, 5) is 29.1. The van der Waals surface area contributed by atoms with Gasteiger partial charge in [-0.25, -0.2) is 0 Å². The molecular formula is C27H34N2O4. The molecule has 1 heterocycles. The number of nitrogens with one attached hydrogen (secondary N) is 1. The van der Waals surface area contributed by atoms with E-state index in [1.165, 1.54) is 4.90 Å². The molecule has 33 heavy (non-hydrogen) atoms. The summed E-state index contributed by atoms with van der Waals surface area (Å²) in [6.45, 7) is 11.5. The maximum absolute atomic E-state index is 13.4. The molecule has 0 aliphatic carbocycles. The lowest BCUT2D eigenvalue weighted by Crippen LogP contribution is -3.11. The molecule has 1 fully saturated rings. The number of rotatable bonds is 10. The summed E-state index contributed by atoms with van der Waals surface area (Å²) in [5.74, 6) is -0.988. The van der Waals surface area contributed by atoms with Gasteiger partial charge in [0.1, 0.15) is 5.75 Å². The number of ether oxygens (including phenoxy) is 1. The fourth-order valence-electron chi connectivity index (χ4n) is 4.30. The van der Waals surface area contributed by atoms with Crippen molar-refractivity contribution in [3.8, 4) is 5.75 Å². The molecule has 6 nitrogen and oxygen atoms in total. The minimum atomic E-state index is -0.702. The summed E-state index contributed by atoms with van der Waals surface area (Å²) in [5.41, 5.74) is 1.17. The number of hydrogen-bond donors (Lipinski definition) is 1. The number of nitrogens with zero attached hydrogens (tertiary/aromatic N) is 1. The van der Waals surface area contributed by atoms with Crippen LogP contribution >= 0.6 is 0 Å². The Labute approximate surface area is 196 Å². The molecule has 0 bridgehead atoms. The second-order valence-corrected chi connectivity index (χ2v) is 8.64. The molecule has 6 heteroatoms. The average molecular weight is 451 g/mol. The van der Waals surface area contributed by atoms with Crippen molar-refractivity contribution < 1.29 is 24.3 Å². The number of quaternary nitrogens is 1. The van der Waals surface area contributed by atoms with Crippen LogP contribution in [0.2, 0.25) is 0 Å². The molecule has 2 aromatic carbocycles. The molecule has 3 rings (SSSR count). The van der Waals surface area contributed by atoms with Crippen molar-refractivity contribution in [2.45, 2.75) is 46.3 Å². The van der Waals surface area contributed by atoms with Crippen LogP contribution in [0.4, 0.5) is 0 Å². The quantitative estimate of drug-likeness (QED) is 0.341. The van der Waals surface area contributed by atoms with E-state index in [1.54, 1.807) is 29.2 Å². The van der Waals surface area contributed by atoms with Crippen molar-refractivity contribution >= 4 is 17.4 Å². The lowest BCUT2D eigenvalue weighted by molar-refractivity contribution is -0.896. The van der Waals surface area contributed by atoms with Crippen molar-refractivity contribution in [1.29, 1.82) is 0 Å². The largest absolute Gasteiger partial charge is 0.872 e. The van der Waals surface area contributed by atoms with Gasteiger partial charge in [-0.3, -0.25) is 9.59 Å². The number of benzene rings is 2. The van der Waals surface area contributed by atoms with Crippen LogP contribution in [-0.4, -0.2) is 48.9 Å². The highest BCUT2D eigenvalue weighted by Crippen LogP contribution is 2.39. The Kier molecular flexibility index (Phi) is 8.28. The second-order valence-electron chi connectivity index (χ2n) is 8.64. The van der Waals surface area contributed by atoms with Gasteiger partial charge in [-0.15, -0.1) is 0 Å². The van der Waals surface area contributed by atoms with Crippen LogP contribution in [0.5, 0.6) is 5.75 Å².